The van der Waals surface area contributed by atoms with Gasteiger partial charge >= 0.3 is 0 Å². The van der Waals surface area contributed by atoms with Crippen molar-refractivity contribution >= 4 is 40.5 Å². The summed E-state index contributed by atoms with van der Waals surface area (Å²) in [5.74, 6) is -1.31. The zero-order valence-electron chi connectivity index (χ0n) is 17.2. The minimum atomic E-state index is -1.34. The largest absolute Gasteiger partial charge is 0.545 e. The van der Waals surface area contributed by atoms with Gasteiger partial charge in [0.1, 0.15) is 23.2 Å². The highest BCUT2D eigenvalue weighted by Crippen LogP contribution is 2.31. The van der Waals surface area contributed by atoms with E-state index < -0.39 is 11.9 Å². The maximum Gasteiger partial charge on any atom is 0.262 e. The molecule has 4 aromatic rings. The fraction of sp³-hybridized carbons (Fsp3) is 0.0800. The van der Waals surface area contributed by atoms with Gasteiger partial charge in [0, 0.05) is 35.3 Å². The summed E-state index contributed by atoms with van der Waals surface area (Å²) >= 11 is 6.16. The van der Waals surface area contributed by atoms with Crippen molar-refractivity contribution in [2.75, 3.05) is 6.54 Å². The van der Waals surface area contributed by atoms with Gasteiger partial charge in [-0.1, -0.05) is 35.9 Å². The molecular weight excluding hydrogens is 442 g/mol. The van der Waals surface area contributed by atoms with E-state index >= 15 is 0 Å². The summed E-state index contributed by atoms with van der Waals surface area (Å²) in [6.45, 7) is 0.356. The number of hydrogen-bond acceptors (Lipinski definition) is 5. The minimum Gasteiger partial charge on any atom is -0.545 e. The molecule has 0 fully saturated rings. The number of halogens is 1. The monoisotopic (exact) mass is 458 g/mol. The average Bonchev–Trinajstić information content (AvgIpc) is 3.45. The first-order valence-corrected chi connectivity index (χ1v) is 10.4. The van der Waals surface area contributed by atoms with E-state index in [9.17, 15) is 20.0 Å². The first-order chi connectivity index (χ1) is 16.0. The molecule has 2 aromatic carbocycles. The molecule has 0 bridgehead atoms. The SMILES string of the molecule is N#C/C(=C\c1ccc(-c2cc(C(=O)[O-])ccc2Cl)o1)C(=O)NCCc1c[nH]c2ccccc12. The lowest BCUT2D eigenvalue weighted by atomic mass is 10.1. The number of nitriles is 1. The van der Waals surface area contributed by atoms with Crippen LogP contribution in [0.3, 0.4) is 0 Å². The maximum atomic E-state index is 12.5. The molecule has 33 heavy (non-hydrogen) atoms. The molecule has 0 saturated heterocycles. The Bertz CT molecular complexity index is 1420. The molecular formula is C25H17ClN3O4-. The van der Waals surface area contributed by atoms with E-state index in [1.807, 2.05) is 36.5 Å². The Kier molecular flexibility index (Phi) is 6.29. The first-order valence-electron chi connectivity index (χ1n) is 10.0. The van der Waals surface area contributed by atoms with Gasteiger partial charge < -0.3 is 24.6 Å². The number of hydrogen-bond donors (Lipinski definition) is 2. The van der Waals surface area contributed by atoms with Crippen molar-refractivity contribution in [1.29, 1.82) is 5.26 Å². The zero-order valence-corrected chi connectivity index (χ0v) is 18.0. The van der Waals surface area contributed by atoms with Gasteiger partial charge in [0.25, 0.3) is 5.91 Å². The van der Waals surface area contributed by atoms with Gasteiger partial charge in [-0.05, 0) is 47.9 Å². The number of carbonyl (C=O) groups is 2. The number of carboxylic acids is 1. The fourth-order valence-corrected chi connectivity index (χ4v) is 3.66. The number of furan rings is 1. The van der Waals surface area contributed by atoms with E-state index in [4.69, 9.17) is 16.0 Å². The summed E-state index contributed by atoms with van der Waals surface area (Å²) in [5.41, 5.74) is 2.29. The lowest BCUT2D eigenvalue weighted by molar-refractivity contribution is -0.255. The van der Waals surface area contributed by atoms with Crippen molar-refractivity contribution < 1.29 is 19.1 Å². The zero-order chi connectivity index (χ0) is 23.4. The van der Waals surface area contributed by atoms with E-state index in [1.165, 1.54) is 24.3 Å². The second-order valence-corrected chi connectivity index (χ2v) is 7.63. The van der Waals surface area contributed by atoms with Crippen molar-refractivity contribution in [3.63, 3.8) is 0 Å². The minimum absolute atomic E-state index is 0.0461. The molecule has 0 atom stereocenters. The van der Waals surface area contributed by atoms with Crippen molar-refractivity contribution in [3.05, 3.63) is 88.3 Å². The number of amides is 1. The highest BCUT2D eigenvalue weighted by molar-refractivity contribution is 6.33. The maximum absolute atomic E-state index is 12.5. The van der Waals surface area contributed by atoms with Gasteiger partial charge in [-0.15, -0.1) is 0 Å². The van der Waals surface area contributed by atoms with Crippen LogP contribution in [-0.4, -0.2) is 23.4 Å². The number of carbonyl (C=O) groups excluding carboxylic acids is 2. The Morgan fingerprint density at radius 3 is 2.79 bits per heavy atom. The summed E-state index contributed by atoms with van der Waals surface area (Å²) in [6, 6.07) is 17.0. The van der Waals surface area contributed by atoms with Crippen molar-refractivity contribution in [1.82, 2.24) is 10.3 Å². The topological polar surface area (TPSA) is 122 Å². The average molecular weight is 459 g/mol. The number of nitrogens with one attached hydrogen (secondary N) is 2. The van der Waals surface area contributed by atoms with E-state index in [0.717, 1.165) is 16.5 Å². The number of para-hydroxylation sites is 1. The second kappa shape index (κ2) is 9.47. The number of rotatable bonds is 7. The van der Waals surface area contributed by atoms with Crippen LogP contribution < -0.4 is 10.4 Å². The number of aromatic carboxylic acids is 1. The highest BCUT2D eigenvalue weighted by Gasteiger charge is 2.13. The van der Waals surface area contributed by atoms with Crippen LogP contribution in [0.15, 0.2) is 70.8 Å². The predicted molar refractivity (Wildman–Crippen MR) is 122 cm³/mol. The molecule has 0 spiro atoms. The fourth-order valence-electron chi connectivity index (χ4n) is 3.45. The quantitative estimate of drug-likeness (QED) is 0.323. The Labute approximate surface area is 193 Å². The Balaban J connectivity index is 1.45. The number of H-pyrrole nitrogens is 1. The molecule has 7 nitrogen and oxygen atoms in total. The second-order valence-electron chi connectivity index (χ2n) is 7.22. The number of fused-ring (bicyclic) bond motifs is 1. The first kappa shape index (κ1) is 21.9. The number of aromatic amines is 1. The number of nitrogens with zero attached hydrogens (tertiary/aromatic N) is 1. The summed E-state index contributed by atoms with van der Waals surface area (Å²) in [6.07, 6.45) is 3.83. The summed E-state index contributed by atoms with van der Waals surface area (Å²) < 4.78 is 5.67. The number of carboxylic acid groups (broad SMARTS) is 1. The normalized spacial score (nSPS) is 11.3. The molecule has 1 amide bonds. The Morgan fingerprint density at radius 1 is 1.18 bits per heavy atom. The molecule has 0 saturated carbocycles. The molecule has 2 heterocycles. The molecule has 0 aliphatic heterocycles. The molecule has 2 aromatic heterocycles. The molecule has 4 rings (SSSR count). The van der Waals surface area contributed by atoms with Crippen LogP contribution in [0.25, 0.3) is 28.3 Å². The van der Waals surface area contributed by atoms with Crippen molar-refractivity contribution in [2.45, 2.75) is 6.42 Å². The Hall–Kier alpha value is -4.28. The smallest absolute Gasteiger partial charge is 0.262 e. The lowest BCUT2D eigenvalue weighted by Gasteiger charge is -2.06. The number of benzene rings is 2. The molecule has 0 unspecified atom stereocenters. The lowest BCUT2D eigenvalue weighted by Crippen LogP contribution is -2.26. The number of aromatic nitrogens is 1. The van der Waals surface area contributed by atoms with E-state index in [2.05, 4.69) is 10.3 Å². The van der Waals surface area contributed by atoms with Gasteiger partial charge in [-0.3, -0.25) is 4.79 Å². The summed E-state index contributed by atoms with van der Waals surface area (Å²) in [4.78, 5) is 26.8. The third-order valence-corrected chi connectivity index (χ3v) is 5.43. The van der Waals surface area contributed by atoms with Crippen LogP contribution in [0, 0.1) is 11.3 Å². The van der Waals surface area contributed by atoms with Gasteiger partial charge in [-0.2, -0.15) is 5.26 Å². The molecule has 2 N–H and O–H groups in total. The van der Waals surface area contributed by atoms with Crippen LogP contribution in [-0.2, 0) is 11.2 Å². The van der Waals surface area contributed by atoms with Crippen molar-refractivity contribution in [3.8, 4) is 17.4 Å². The van der Waals surface area contributed by atoms with E-state index in [0.29, 0.717) is 29.3 Å². The van der Waals surface area contributed by atoms with E-state index in [-0.39, 0.29) is 16.9 Å². The predicted octanol–water partition coefficient (Wildman–Crippen LogP) is 3.71. The van der Waals surface area contributed by atoms with Gasteiger partial charge in [0.05, 0.1) is 11.0 Å². The molecule has 0 radical (unpaired) electrons. The van der Waals surface area contributed by atoms with Crippen molar-refractivity contribution in [2.24, 2.45) is 0 Å². The van der Waals surface area contributed by atoms with Crippen LogP contribution in [0.1, 0.15) is 21.7 Å². The van der Waals surface area contributed by atoms with Gasteiger partial charge in [0.15, 0.2) is 0 Å². The van der Waals surface area contributed by atoms with Crippen LogP contribution in [0.5, 0.6) is 0 Å². The Morgan fingerprint density at radius 2 is 2.00 bits per heavy atom. The van der Waals surface area contributed by atoms with Gasteiger partial charge in [-0.25, -0.2) is 0 Å². The molecule has 0 aliphatic carbocycles. The van der Waals surface area contributed by atoms with Crippen LogP contribution in [0.4, 0.5) is 0 Å². The third-order valence-electron chi connectivity index (χ3n) is 5.10. The summed E-state index contributed by atoms with van der Waals surface area (Å²) in [5, 5.41) is 24.7. The molecule has 164 valence electrons. The molecule has 8 heteroatoms. The third kappa shape index (κ3) is 4.81. The molecule has 0 aliphatic rings. The highest BCUT2D eigenvalue weighted by atomic mass is 35.5. The standard InChI is InChI=1S/C25H18ClN3O4/c26-21-7-5-15(25(31)32)12-20(21)23-8-6-18(33-23)11-17(13-27)24(30)28-10-9-16-14-29-22-4-2-1-3-19(16)22/h1-8,11-12,14,29H,9-10H2,(H,28,30)(H,31,32)/p-1/b17-11+. The van der Waals surface area contributed by atoms with Gasteiger partial charge in [0.2, 0.25) is 0 Å². The van der Waals surface area contributed by atoms with E-state index in [1.54, 1.807) is 12.1 Å². The van der Waals surface area contributed by atoms with Crippen LogP contribution in [0.2, 0.25) is 5.02 Å². The van der Waals surface area contributed by atoms with Crippen LogP contribution >= 0.6 is 11.6 Å². The summed E-state index contributed by atoms with van der Waals surface area (Å²) in [7, 11) is 0.